The lowest BCUT2D eigenvalue weighted by Gasteiger charge is -2.22. The lowest BCUT2D eigenvalue weighted by atomic mass is 9.80. The molecule has 324 valence electrons. The van der Waals surface area contributed by atoms with Crippen LogP contribution in [0, 0.1) is 0 Å². The number of rotatable bonds is 36. The maximum absolute atomic E-state index is 12.7. The van der Waals surface area contributed by atoms with Crippen molar-refractivity contribution in [2.75, 3.05) is 102 Å². The van der Waals surface area contributed by atoms with Crippen LogP contribution in [0.15, 0.2) is 24.3 Å². The zero-order valence-corrected chi connectivity index (χ0v) is 37.2. The molecule has 57 heavy (non-hydrogen) atoms. The average molecular weight is 875 g/mol. The summed E-state index contributed by atoms with van der Waals surface area (Å²) in [5, 5.41) is 33.2. The molecule has 0 aliphatic heterocycles. The summed E-state index contributed by atoms with van der Waals surface area (Å²) in [6.07, 6.45) is 5.95. The van der Waals surface area contributed by atoms with Crippen molar-refractivity contribution in [3.8, 4) is 0 Å². The topological polar surface area (TPSA) is 218 Å². The molecule has 0 heterocycles. The second-order valence-electron chi connectivity index (χ2n) is 13.3. The number of hydrogen-bond acceptors (Lipinski definition) is 14. The first-order chi connectivity index (χ1) is 27.5. The Morgan fingerprint density at radius 2 is 1.05 bits per heavy atom. The van der Waals surface area contributed by atoms with Crippen molar-refractivity contribution in [3.63, 3.8) is 0 Å². The van der Waals surface area contributed by atoms with E-state index in [1.165, 1.54) is 12.1 Å². The second kappa shape index (κ2) is 35.8. The molecule has 0 spiro atoms. The Kier molecular flexibility index (Phi) is 33.2. The van der Waals surface area contributed by atoms with Gasteiger partial charge < -0.3 is 52.2 Å². The SMILES string of the molecule is CCCC(=O)NCCSSCCNC(=O)CCN(CCCCNC(=O)c1ccc(B(O)O)cc1)CCC(=O)NCCSSCCNC(=O)CCN(C)CCCCN. The summed E-state index contributed by atoms with van der Waals surface area (Å²) in [7, 11) is 7.06. The first-order valence-corrected chi connectivity index (χ1v) is 24.9. The molecule has 0 fully saturated rings. The molecule has 0 aliphatic rings. The van der Waals surface area contributed by atoms with Crippen molar-refractivity contribution in [2.24, 2.45) is 5.73 Å². The number of amides is 5. The summed E-state index contributed by atoms with van der Waals surface area (Å²) < 4.78 is 0. The van der Waals surface area contributed by atoms with E-state index >= 15 is 0 Å². The van der Waals surface area contributed by atoms with Crippen LogP contribution in [0.2, 0.25) is 0 Å². The van der Waals surface area contributed by atoms with Crippen LogP contribution in [0.1, 0.15) is 75.1 Å². The fourth-order valence-corrected chi connectivity index (χ4v) is 8.73. The predicted molar refractivity (Wildman–Crippen MR) is 241 cm³/mol. The van der Waals surface area contributed by atoms with Gasteiger partial charge >= 0.3 is 7.12 Å². The van der Waals surface area contributed by atoms with Crippen LogP contribution in [-0.4, -0.2) is 159 Å². The van der Waals surface area contributed by atoms with Crippen molar-refractivity contribution >= 4 is 85.3 Å². The van der Waals surface area contributed by atoms with Gasteiger partial charge in [0.25, 0.3) is 5.91 Å². The number of carbonyl (C=O) groups excluding carboxylic acids is 5. The molecule has 1 aromatic rings. The van der Waals surface area contributed by atoms with Gasteiger partial charge in [-0.1, -0.05) is 62.2 Å². The van der Waals surface area contributed by atoms with E-state index in [0.717, 1.165) is 61.8 Å². The van der Waals surface area contributed by atoms with Gasteiger partial charge in [0.15, 0.2) is 0 Å². The van der Waals surface area contributed by atoms with E-state index in [-0.39, 0.29) is 29.5 Å². The third kappa shape index (κ3) is 30.5. The van der Waals surface area contributed by atoms with E-state index in [1.807, 2.05) is 14.0 Å². The molecule has 0 bridgehead atoms. The zero-order valence-electron chi connectivity index (χ0n) is 33.9. The Bertz CT molecular complexity index is 1260. The molecule has 0 aromatic heterocycles. The fraction of sp³-hybridized carbons (Fsp3) is 0.703. The number of nitrogens with two attached hydrogens (primary N) is 1. The van der Waals surface area contributed by atoms with Gasteiger partial charge in [-0.05, 0) is 76.4 Å². The number of benzene rings is 1. The Labute approximate surface area is 356 Å². The van der Waals surface area contributed by atoms with E-state index in [9.17, 15) is 34.0 Å². The van der Waals surface area contributed by atoms with Gasteiger partial charge in [-0.25, -0.2) is 0 Å². The highest BCUT2D eigenvalue weighted by Crippen LogP contribution is 2.20. The summed E-state index contributed by atoms with van der Waals surface area (Å²) in [5.74, 6) is 2.86. The van der Waals surface area contributed by atoms with Gasteiger partial charge in [0.2, 0.25) is 23.6 Å². The third-order valence-electron chi connectivity index (χ3n) is 8.36. The molecule has 0 aliphatic carbocycles. The number of hydrogen-bond donors (Lipinski definition) is 8. The summed E-state index contributed by atoms with van der Waals surface area (Å²) in [6, 6.07) is 6.08. The fourth-order valence-electron chi connectivity index (χ4n) is 5.10. The number of carbonyl (C=O) groups is 5. The molecular weight excluding hydrogens is 808 g/mol. The van der Waals surface area contributed by atoms with Crippen LogP contribution in [0.3, 0.4) is 0 Å². The first-order valence-electron chi connectivity index (χ1n) is 20.0. The van der Waals surface area contributed by atoms with Crippen LogP contribution in [-0.2, 0) is 19.2 Å². The number of nitrogens with zero attached hydrogens (tertiary/aromatic N) is 2. The highest BCUT2D eigenvalue weighted by Gasteiger charge is 2.14. The van der Waals surface area contributed by atoms with Gasteiger partial charge in [-0.3, -0.25) is 24.0 Å². The van der Waals surface area contributed by atoms with Gasteiger partial charge in [0.05, 0.1) is 0 Å². The van der Waals surface area contributed by atoms with E-state index < -0.39 is 7.12 Å². The van der Waals surface area contributed by atoms with Crippen molar-refractivity contribution in [1.82, 2.24) is 36.4 Å². The largest absolute Gasteiger partial charge is 0.488 e. The summed E-state index contributed by atoms with van der Waals surface area (Å²) in [5.41, 5.74) is 6.27. The Morgan fingerprint density at radius 1 is 0.596 bits per heavy atom. The third-order valence-corrected chi connectivity index (χ3v) is 13.2. The van der Waals surface area contributed by atoms with Crippen LogP contribution in [0.4, 0.5) is 0 Å². The van der Waals surface area contributed by atoms with E-state index in [0.29, 0.717) is 102 Å². The molecule has 5 amide bonds. The molecule has 0 radical (unpaired) electrons. The molecule has 1 rings (SSSR count). The van der Waals surface area contributed by atoms with Crippen LogP contribution < -0.4 is 37.8 Å². The molecule has 0 atom stereocenters. The monoisotopic (exact) mass is 874 g/mol. The second-order valence-corrected chi connectivity index (χ2v) is 18.7. The highest BCUT2D eigenvalue weighted by atomic mass is 33.1. The predicted octanol–water partition coefficient (Wildman–Crippen LogP) is 1.05. The van der Waals surface area contributed by atoms with Gasteiger partial charge in [-0.15, -0.1) is 0 Å². The van der Waals surface area contributed by atoms with Gasteiger partial charge in [0, 0.05) is 107 Å². The molecule has 9 N–H and O–H groups in total. The average Bonchev–Trinajstić information content (AvgIpc) is 3.19. The maximum atomic E-state index is 12.7. The van der Waals surface area contributed by atoms with Gasteiger partial charge in [-0.2, -0.15) is 0 Å². The summed E-state index contributed by atoms with van der Waals surface area (Å²) >= 11 is 0. The quantitative estimate of drug-likeness (QED) is 0.0269. The molecule has 0 unspecified atom stereocenters. The summed E-state index contributed by atoms with van der Waals surface area (Å²) in [4.78, 5) is 65.7. The lowest BCUT2D eigenvalue weighted by molar-refractivity contribution is -0.122. The Balaban J connectivity index is 2.35. The van der Waals surface area contributed by atoms with Crippen LogP contribution in [0.25, 0.3) is 0 Å². The molecule has 15 nitrogen and oxygen atoms in total. The highest BCUT2D eigenvalue weighted by molar-refractivity contribution is 8.77. The Morgan fingerprint density at radius 3 is 1.51 bits per heavy atom. The molecule has 20 heteroatoms. The number of nitrogens with one attached hydrogen (secondary N) is 5. The minimum Gasteiger partial charge on any atom is -0.423 e. The smallest absolute Gasteiger partial charge is 0.423 e. The van der Waals surface area contributed by atoms with Crippen molar-refractivity contribution in [3.05, 3.63) is 29.8 Å². The number of unbranched alkanes of at least 4 members (excludes halogenated alkanes) is 2. The van der Waals surface area contributed by atoms with E-state index in [4.69, 9.17) is 5.73 Å². The zero-order chi connectivity index (χ0) is 41.9. The van der Waals surface area contributed by atoms with Crippen LogP contribution in [0.5, 0.6) is 0 Å². The standard InChI is InChI=1S/C37H67BN8O7S4/c1-3-8-33(47)40-18-27-54-56-29-20-42-35(49)14-25-46(23-7-5-17-44-37(51)31-9-11-32(12-10-31)38(52)53)26-15-36(50)43-21-30-57-55-28-19-41-34(48)13-24-45(2)22-6-4-16-39/h9-12,52-53H,3-8,13-30,39H2,1-2H3,(H,40,47)(H,41,48)(H,42,49)(H,43,50)(H,44,51). The van der Waals surface area contributed by atoms with Crippen molar-refractivity contribution in [1.29, 1.82) is 0 Å². The Hall–Kier alpha value is -2.17. The normalized spacial score (nSPS) is 11.1. The van der Waals surface area contributed by atoms with Crippen molar-refractivity contribution < 1.29 is 34.0 Å². The molecular formula is C37H67BN8O7S4. The van der Waals surface area contributed by atoms with Crippen molar-refractivity contribution in [2.45, 2.75) is 64.7 Å². The maximum Gasteiger partial charge on any atom is 0.488 e. The van der Waals surface area contributed by atoms with E-state index in [2.05, 4.69) is 36.4 Å². The molecule has 0 saturated carbocycles. The minimum absolute atomic E-state index is 0.0513. The molecule has 0 saturated heterocycles. The minimum atomic E-state index is -1.59. The van der Waals surface area contributed by atoms with Gasteiger partial charge in [0.1, 0.15) is 0 Å². The van der Waals surface area contributed by atoms with Crippen LogP contribution >= 0.6 is 43.2 Å². The molecule has 1 aromatic carbocycles. The summed E-state index contributed by atoms with van der Waals surface area (Å²) in [6.45, 7) is 8.76. The first kappa shape index (κ1) is 52.9. The van der Waals surface area contributed by atoms with E-state index in [1.54, 1.807) is 55.3 Å². The lowest BCUT2D eigenvalue weighted by Crippen LogP contribution is -2.36.